The van der Waals surface area contributed by atoms with Crippen molar-refractivity contribution in [1.82, 2.24) is 9.78 Å². The van der Waals surface area contributed by atoms with Gasteiger partial charge < -0.3 is 5.32 Å². The molecule has 7 heteroatoms. The normalized spacial score (nSPS) is 10.4. The molecule has 0 spiro atoms. The average Bonchev–Trinajstić information content (AvgIpc) is 2.58. The van der Waals surface area contributed by atoms with Crippen LogP contribution < -0.4 is 10.7 Å². The predicted octanol–water partition coefficient (Wildman–Crippen LogP) is 3.28. The van der Waals surface area contributed by atoms with Crippen LogP contribution in [0.15, 0.2) is 65.6 Å². The minimum atomic E-state index is -0.671. The van der Waals surface area contributed by atoms with Gasteiger partial charge in [-0.1, -0.05) is 11.6 Å². The van der Waals surface area contributed by atoms with Gasteiger partial charge in [0.05, 0.1) is 5.69 Å². The molecule has 5 nitrogen and oxygen atoms in total. The zero-order chi connectivity index (χ0) is 17.1. The number of rotatable bonds is 3. The number of aromatic nitrogens is 2. The highest BCUT2D eigenvalue weighted by atomic mass is 35.5. The molecule has 2 aromatic carbocycles. The monoisotopic (exact) mass is 343 g/mol. The van der Waals surface area contributed by atoms with Crippen molar-refractivity contribution in [1.29, 1.82) is 0 Å². The maximum absolute atomic E-state index is 12.9. The highest BCUT2D eigenvalue weighted by molar-refractivity contribution is 6.30. The molecule has 1 heterocycles. The molecule has 0 fully saturated rings. The van der Waals surface area contributed by atoms with Crippen LogP contribution in [0.1, 0.15) is 10.5 Å². The van der Waals surface area contributed by atoms with E-state index >= 15 is 0 Å². The van der Waals surface area contributed by atoms with E-state index < -0.39 is 17.2 Å². The van der Waals surface area contributed by atoms with Gasteiger partial charge in [-0.05, 0) is 48.5 Å². The number of anilines is 1. The Morgan fingerprint density at radius 3 is 2.38 bits per heavy atom. The van der Waals surface area contributed by atoms with Crippen molar-refractivity contribution in [2.24, 2.45) is 0 Å². The van der Waals surface area contributed by atoms with Gasteiger partial charge in [-0.3, -0.25) is 9.59 Å². The number of hydrogen-bond acceptors (Lipinski definition) is 3. The Kier molecular flexibility index (Phi) is 4.39. The van der Waals surface area contributed by atoms with Gasteiger partial charge in [-0.15, -0.1) is 0 Å². The summed E-state index contributed by atoms with van der Waals surface area (Å²) in [5.74, 6) is -1.09. The molecule has 1 N–H and O–H groups in total. The molecule has 24 heavy (non-hydrogen) atoms. The summed E-state index contributed by atoms with van der Waals surface area (Å²) in [6, 6.07) is 13.2. The largest absolute Gasteiger partial charge is 0.320 e. The van der Waals surface area contributed by atoms with E-state index in [9.17, 15) is 14.0 Å². The smallest absolute Gasteiger partial charge is 0.280 e. The van der Waals surface area contributed by atoms with E-state index in [1.54, 1.807) is 24.3 Å². The van der Waals surface area contributed by atoms with Crippen LogP contribution in [0, 0.1) is 5.82 Å². The molecule has 3 aromatic rings. The minimum absolute atomic E-state index is 0.267. The Morgan fingerprint density at radius 1 is 1.04 bits per heavy atom. The lowest BCUT2D eigenvalue weighted by atomic mass is 10.3. The number of amides is 1. The Balaban J connectivity index is 1.91. The van der Waals surface area contributed by atoms with E-state index in [1.165, 1.54) is 41.2 Å². The number of nitrogens with one attached hydrogen (secondary N) is 1. The maximum atomic E-state index is 12.9. The molecule has 0 radical (unpaired) electrons. The number of hydrogen-bond donors (Lipinski definition) is 1. The molecule has 0 aliphatic rings. The van der Waals surface area contributed by atoms with Crippen molar-refractivity contribution in [3.63, 3.8) is 0 Å². The van der Waals surface area contributed by atoms with Gasteiger partial charge in [0.2, 0.25) is 5.43 Å². The first-order valence-electron chi connectivity index (χ1n) is 6.96. The summed E-state index contributed by atoms with van der Waals surface area (Å²) in [7, 11) is 0. The number of carbonyl (C=O) groups excluding carboxylic acids is 1. The van der Waals surface area contributed by atoms with Crippen molar-refractivity contribution in [3.8, 4) is 5.69 Å². The first-order valence-corrected chi connectivity index (χ1v) is 7.33. The van der Waals surface area contributed by atoms with Crippen molar-refractivity contribution in [2.75, 3.05) is 5.32 Å². The molecule has 0 aliphatic carbocycles. The zero-order valence-corrected chi connectivity index (χ0v) is 13.0. The van der Waals surface area contributed by atoms with Crippen LogP contribution in [-0.4, -0.2) is 15.7 Å². The van der Waals surface area contributed by atoms with Gasteiger partial charge in [0.25, 0.3) is 5.91 Å². The third kappa shape index (κ3) is 3.49. The molecular formula is C17H11ClFN3O2. The lowest BCUT2D eigenvalue weighted by Gasteiger charge is -2.08. The van der Waals surface area contributed by atoms with Crippen LogP contribution in [-0.2, 0) is 0 Å². The fourth-order valence-corrected chi connectivity index (χ4v) is 2.15. The Bertz CT molecular complexity index is 937. The first-order chi connectivity index (χ1) is 11.5. The average molecular weight is 344 g/mol. The Hall–Kier alpha value is -2.99. The van der Waals surface area contributed by atoms with E-state index in [1.807, 2.05) is 0 Å². The summed E-state index contributed by atoms with van der Waals surface area (Å²) in [4.78, 5) is 24.2. The quantitative estimate of drug-likeness (QED) is 0.793. The predicted molar refractivity (Wildman–Crippen MR) is 89.2 cm³/mol. The summed E-state index contributed by atoms with van der Waals surface area (Å²) in [5, 5.41) is 7.14. The molecule has 120 valence electrons. The summed E-state index contributed by atoms with van der Waals surface area (Å²) >= 11 is 5.84. The lowest BCUT2D eigenvalue weighted by molar-refractivity contribution is 0.101. The molecule has 0 unspecified atom stereocenters. The van der Waals surface area contributed by atoms with Gasteiger partial charge >= 0.3 is 0 Å². The second-order valence-electron chi connectivity index (χ2n) is 4.91. The van der Waals surface area contributed by atoms with E-state index in [4.69, 9.17) is 11.6 Å². The maximum Gasteiger partial charge on any atom is 0.280 e. The van der Waals surface area contributed by atoms with E-state index in [0.29, 0.717) is 16.4 Å². The van der Waals surface area contributed by atoms with Crippen molar-refractivity contribution >= 4 is 23.2 Å². The van der Waals surface area contributed by atoms with Crippen LogP contribution >= 0.6 is 11.6 Å². The molecular weight excluding hydrogens is 333 g/mol. The zero-order valence-electron chi connectivity index (χ0n) is 12.2. The molecule has 1 amide bonds. The van der Waals surface area contributed by atoms with Gasteiger partial charge in [0.1, 0.15) is 5.82 Å². The Labute approximate surface area is 141 Å². The third-order valence-corrected chi connectivity index (χ3v) is 3.47. The van der Waals surface area contributed by atoms with Crippen LogP contribution in [0.2, 0.25) is 5.02 Å². The highest BCUT2D eigenvalue weighted by Gasteiger charge is 2.13. The SMILES string of the molecule is O=C(Nc1ccc(F)cc1)c1nn(-c2ccc(Cl)cc2)ccc1=O. The number of carbonyl (C=O) groups is 1. The van der Waals surface area contributed by atoms with Crippen LogP contribution in [0.5, 0.6) is 0 Å². The van der Waals surface area contributed by atoms with Crippen molar-refractivity contribution < 1.29 is 9.18 Å². The van der Waals surface area contributed by atoms with E-state index in [2.05, 4.69) is 10.4 Å². The van der Waals surface area contributed by atoms with E-state index in [0.717, 1.165) is 0 Å². The number of nitrogens with zero attached hydrogens (tertiary/aromatic N) is 2. The second-order valence-corrected chi connectivity index (χ2v) is 5.35. The third-order valence-electron chi connectivity index (χ3n) is 3.22. The first kappa shape index (κ1) is 15.9. The summed E-state index contributed by atoms with van der Waals surface area (Å²) in [6.07, 6.45) is 1.46. The number of benzene rings is 2. The summed E-state index contributed by atoms with van der Waals surface area (Å²) in [5.41, 5.74) is 0.233. The number of halogens is 2. The minimum Gasteiger partial charge on any atom is -0.320 e. The molecule has 1 aromatic heterocycles. The topological polar surface area (TPSA) is 64.0 Å². The standard InChI is InChI=1S/C17H11ClFN3O2/c18-11-1-7-14(8-2-11)22-10-9-15(23)16(21-22)17(24)20-13-5-3-12(19)4-6-13/h1-10H,(H,20,24). The summed E-state index contributed by atoms with van der Waals surface area (Å²) in [6.45, 7) is 0. The Morgan fingerprint density at radius 2 is 1.71 bits per heavy atom. The summed E-state index contributed by atoms with van der Waals surface area (Å²) < 4.78 is 14.3. The van der Waals surface area contributed by atoms with Crippen LogP contribution in [0.4, 0.5) is 10.1 Å². The van der Waals surface area contributed by atoms with Gasteiger partial charge in [-0.25, -0.2) is 9.07 Å². The fourth-order valence-electron chi connectivity index (χ4n) is 2.03. The molecule has 0 saturated heterocycles. The molecule has 3 rings (SSSR count). The highest BCUT2D eigenvalue weighted by Crippen LogP contribution is 2.12. The van der Waals surface area contributed by atoms with Gasteiger partial charge in [-0.2, -0.15) is 5.10 Å². The van der Waals surface area contributed by atoms with Crippen molar-refractivity contribution in [3.05, 3.63) is 87.6 Å². The van der Waals surface area contributed by atoms with Gasteiger partial charge in [0.15, 0.2) is 5.69 Å². The molecule has 0 atom stereocenters. The molecule has 0 aliphatic heterocycles. The lowest BCUT2D eigenvalue weighted by Crippen LogP contribution is -2.25. The van der Waals surface area contributed by atoms with E-state index in [-0.39, 0.29) is 5.69 Å². The molecule has 0 saturated carbocycles. The van der Waals surface area contributed by atoms with Gasteiger partial charge in [0, 0.05) is 23.0 Å². The fraction of sp³-hybridized carbons (Fsp3) is 0. The van der Waals surface area contributed by atoms with Crippen LogP contribution in [0.3, 0.4) is 0 Å². The second kappa shape index (κ2) is 6.64. The molecule has 0 bridgehead atoms. The van der Waals surface area contributed by atoms with Crippen molar-refractivity contribution in [2.45, 2.75) is 0 Å². The van der Waals surface area contributed by atoms with Crippen LogP contribution in [0.25, 0.3) is 5.69 Å².